The summed E-state index contributed by atoms with van der Waals surface area (Å²) in [5, 5.41) is 5.98. The van der Waals surface area contributed by atoms with Crippen molar-refractivity contribution in [2.75, 3.05) is 0 Å². The van der Waals surface area contributed by atoms with E-state index >= 15 is 0 Å². The molecule has 9 aromatic carbocycles. The van der Waals surface area contributed by atoms with Gasteiger partial charge in [0.1, 0.15) is 0 Å². The quantitative estimate of drug-likeness (QED) is 0.151. The van der Waals surface area contributed by atoms with Crippen LogP contribution >= 0.6 is 0 Å². The SMILES string of the molecule is c1ccc(-c2nc(-c3ccc(-c4cccc(-c5cccc6c(-c7ccccc7)nc7ccccc7c56)c4)cc3)cc(-c3cccc(-n4c5ccccc5c5ccccc54)c3)n2)cc1. The monoisotopic (exact) mass is 802 g/mol. The van der Waals surface area contributed by atoms with Gasteiger partial charge in [-0.2, -0.15) is 0 Å². The van der Waals surface area contributed by atoms with E-state index in [2.05, 4.69) is 217 Å². The minimum Gasteiger partial charge on any atom is -0.309 e. The number of benzene rings is 9. The molecule has 63 heavy (non-hydrogen) atoms. The van der Waals surface area contributed by atoms with Crippen molar-refractivity contribution >= 4 is 43.5 Å². The molecule has 0 aliphatic heterocycles. The first-order valence-electron chi connectivity index (χ1n) is 21.4. The van der Waals surface area contributed by atoms with E-state index in [0.29, 0.717) is 5.82 Å². The number of hydrogen-bond donors (Lipinski definition) is 0. The number of rotatable bonds is 7. The molecule has 0 fully saturated rings. The fourth-order valence-electron chi connectivity index (χ4n) is 9.22. The van der Waals surface area contributed by atoms with Crippen LogP contribution < -0.4 is 0 Å². The van der Waals surface area contributed by atoms with Crippen LogP contribution in [-0.4, -0.2) is 19.5 Å². The van der Waals surface area contributed by atoms with Crippen LogP contribution in [0.4, 0.5) is 0 Å². The zero-order valence-corrected chi connectivity index (χ0v) is 34.2. The summed E-state index contributed by atoms with van der Waals surface area (Å²) >= 11 is 0. The number of hydrogen-bond acceptors (Lipinski definition) is 3. The molecule has 0 saturated carbocycles. The summed E-state index contributed by atoms with van der Waals surface area (Å²) in [5.74, 6) is 0.690. The highest BCUT2D eigenvalue weighted by molar-refractivity contribution is 6.17. The summed E-state index contributed by atoms with van der Waals surface area (Å²) in [6, 6.07) is 81.5. The highest BCUT2D eigenvalue weighted by atomic mass is 15.0. The fourth-order valence-corrected chi connectivity index (χ4v) is 9.22. The first-order valence-corrected chi connectivity index (χ1v) is 21.4. The van der Waals surface area contributed by atoms with E-state index in [4.69, 9.17) is 15.0 Å². The van der Waals surface area contributed by atoms with Crippen LogP contribution in [0.3, 0.4) is 0 Å². The Labute approximate surface area is 365 Å². The van der Waals surface area contributed by atoms with Crippen molar-refractivity contribution in [3.63, 3.8) is 0 Å². The number of para-hydroxylation sites is 3. The molecule has 0 amide bonds. The molecule has 0 saturated heterocycles. The van der Waals surface area contributed by atoms with Crippen molar-refractivity contribution in [2.24, 2.45) is 0 Å². The molecule has 0 N–H and O–H groups in total. The smallest absolute Gasteiger partial charge is 0.160 e. The molecule has 0 aliphatic rings. The molecule has 3 heterocycles. The van der Waals surface area contributed by atoms with Gasteiger partial charge in [0.25, 0.3) is 0 Å². The van der Waals surface area contributed by atoms with Crippen molar-refractivity contribution in [3.05, 3.63) is 231 Å². The van der Waals surface area contributed by atoms with Crippen LogP contribution in [0, 0.1) is 0 Å². The van der Waals surface area contributed by atoms with Gasteiger partial charge in [0.2, 0.25) is 0 Å². The summed E-state index contributed by atoms with van der Waals surface area (Å²) in [7, 11) is 0. The molecule has 0 spiro atoms. The van der Waals surface area contributed by atoms with Gasteiger partial charge in [-0.05, 0) is 64.7 Å². The van der Waals surface area contributed by atoms with Crippen molar-refractivity contribution in [1.29, 1.82) is 0 Å². The predicted molar refractivity (Wildman–Crippen MR) is 262 cm³/mol. The normalized spacial score (nSPS) is 11.5. The van der Waals surface area contributed by atoms with Crippen LogP contribution in [0.2, 0.25) is 0 Å². The molecule has 12 aromatic rings. The third-order valence-corrected chi connectivity index (χ3v) is 12.2. The second-order valence-corrected chi connectivity index (χ2v) is 16.0. The van der Waals surface area contributed by atoms with Gasteiger partial charge in [0, 0.05) is 54.9 Å². The molecule has 12 rings (SSSR count). The summed E-state index contributed by atoms with van der Waals surface area (Å²) in [4.78, 5) is 15.5. The Hall–Kier alpha value is -8.47. The van der Waals surface area contributed by atoms with Crippen LogP contribution in [-0.2, 0) is 0 Å². The molecule has 4 nitrogen and oxygen atoms in total. The van der Waals surface area contributed by atoms with E-state index in [1.165, 1.54) is 32.8 Å². The maximum absolute atomic E-state index is 5.19. The minimum atomic E-state index is 0.690. The van der Waals surface area contributed by atoms with Gasteiger partial charge in [-0.15, -0.1) is 0 Å². The van der Waals surface area contributed by atoms with E-state index in [1.807, 2.05) is 18.2 Å². The van der Waals surface area contributed by atoms with Gasteiger partial charge in [-0.1, -0.05) is 188 Å². The highest BCUT2D eigenvalue weighted by Crippen LogP contribution is 2.40. The standard InChI is InChI=1S/C59H38N4/c1-3-16-41(17-4-1)58-51-28-15-27-47(57(51)50-26-7-10-29-52(50)60-58)44-21-13-20-43(36-44)39-32-34-40(35-33-39)53-38-54(62-59(61-53)42-18-5-2-6-19-42)45-22-14-23-46(37-45)63-55-30-11-8-24-48(55)49-25-9-12-31-56(49)63/h1-38H. The summed E-state index contributed by atoms with van der Waals surface area (Å²) < 4.78 is 2.35. The number of fused-ring (bicyclic) bond motifs is 6. The largest absolute Gasteiger partial charge is 0.309 e. The Bertz CT molecular complexity index is 3610. The summed E-state index contributed by atoms with van der Waals surface area (Å²) in [5.41, 5.74) is 15.9. The van der Waals surface area contributed by atoms with Gasteiger partial charge >= 0.3 is 0 Å². The molecule has 0 unspecified atom stereocenters. The molecular formula is C59H38N4. The molecule has 0 bridgehead atoms. The lowest BCUT2D eigenvalue weighted by Crippen LogP contribution is -1.97. The number of pyridine rings is 1. The van der Waals surface area contributed by atoms with Crippen molar-refractivity contribution in [3.8, 4) is 73.1 Å². The predicted octanol–water partition coefficient (Wildman–Crippen LogP) is 15.3. The Kier molecular flexibility index (Phi) is 8.79. The van der Waals surface area contributed by atoms with Gasteiger partial charge in [-0.25, -0.2) is 15.0 Å². The molecule has 0 radical (unpaired) electrons. The van der Waals surface area contributed by atoms with E-state index in [9.17, 15) is 0 Å². The average Bonchev–Trinajstić information content (AvgIpc) is 3.71. The van der Waals surface area contributed by atoms with Gasteiger partial charge in [0.05, 0.1) is 33.6 Å². The Morgan fingerprint density at radius 3 is 1.59 bits per heavy atom. The maximum Gasteiger partial charge on any atom is 0.160 e. The topological polar surface area (TPSA) is 43.6 Å². The first-order chi connectivity index (χ1) is 31.2. The Morgan fingerprint density at radius 2 is 0.841 bits per heavy atom. The lowest BCUT2D eigenvalue weighted by atomic mass is 9.91. The van der Waals surface area contributed by atoms with Crippen LogP contribution in [0.25, 0.3) is 117 Å². The average molecular weight is 803 g/mol. The molecule has 294 valence electrons. The zero-order chi connectivity index (χ0) is 41.7. The van der Waals surface area contributed by atoms with Gasteiger partial charge in [-0.3, -0.25) is 0 Å². The molecule has 0 aliphatic carbocycles. The molecule has 0 atom stereocenters. The van der Waals surface area contributed by atoms with Crippen LogP contribution in [0.1, 0.15) is 0 Å². The highest BCUT2D eigenvalue weighted by Gasteiger charge is 2.17. The lowest BCUT2D eigenvalue weighted by molar-refractivity contribution is 1.16. The van der Waals surface area contributed by atoms with Gasteiger partial charge in [0.15, 0.2) is 5.82 Å². The molecule has 4 heteroatoms. The molecule has 3 aromatic heterocycles. The van der Waals surface area contributed by atoms with Crippen molar-refractivity contribution in [2.45, 2.75) is 0 Å². The van der Waals surface area contributed by atoms with Gasteiger partial charge < -0.3 is 4.57 Å². The summed E-state index contributed by atoms with van der Waals surface area (Å²) in [6.07, 6.45) is 0. The lowest BCUT2D eigenvalue weighted by Gasteiger charge is -2.15. The number of aromatic nitrogens is 4. The fraction of sp³-hybridized carbons (Fsp3) is 0. The summed E-state index contributed by atoms with van der Waals surface area (Å²) in [6.45, 7) is 0. The van der Waals surface area contributed by atoms with Crippen LogP contribution in [0.15, 0.2) is 231 Å². The van der Waals surface area contributed by atoms with E-state index in [0.717, 1.165) is 78.0 Å². The maximum atomic E-state index is 5.19. The van der Waals surface area contributed by atoms with E-state index in [1.54, 1.807) is 0 Å². The van der Waals surface area contributed by atoms with Crippen molar-refractivity contribution in [1.82, 2.24) is 19.5 Å². The second-order valence-electron chi connectivity index (χ2n) is 16.0. The first kappa shape index (κ1) is 36.4. The third kappa shape index (κ3) is 6.44. The number of nitrogens with zero attached hydrogens (tertiary/aromatic N) is 4. The second kappa shape index (κ2) is 15.2. The zero-order valence-electron chi connectivity index (χ0n) is 34.2. The Morgan fingerprint density at radius 1 is 0.302 bits per heavy atom. The Balaban J connectivity index is 0.936. The van der Waals surface area contributed by atoms with Crippen molar-refractivity contribution < 1.29 is 0 Å². The molecular weight excluding hydrogens is 765 g/mol. The third-order valence-electron chi connectivity index (χ3n) is 12.2. The minimum absolute atomic E-state index is 0.690. The van der Waals surface area contributed by atoms with Crippen LogP contribution in [0.5, 0.6) is 0 Å². The van der Waals surface area contributed by atoms with E-state index < -0.39 is 0 Å². The van der Waals surface area contributed by atoms with E-state index in [-0.39, 0.29) is 0 Å².